The quantitative estimate of drug-likeness (QED) is 0.624. The SMILES string of the molecule is O=C(NC1CC1)c1ccc(N2CCN(C(=O)N3CCC(c4cn[nH]c4)C3)c3ccccc32)cc1. The van der Waals surface area contributed by atoms with Crippen LogP contribution in [-0.4, -0.2) is 59.3 Å². The number of anilines is 3. The Labute approximate surface area is 198 Å². The van der Waals surface area contributed by atoms with Crippen LogP contribution in [0.2, 0.25) is 0 Å². The van der Waals surface area contributed by atoms with E-state index < -0.39 is 0 Å². The molecule has 1 aromatic heterocycles. The van der Waals surface area contributed by atoms with E-state index in [-0.39, 0.29) is 11.9 Å². The van der Waals surface area contributed by atoms with Crippen molar-refractivity contribution in [2.24, 2.45) is 0 Å². The molecule has 3 aliphatic rings. The van der Waals surface area contributed by atoms with Gasteiger partial charge in [0, 0.05) is 55.6 Å². The van der Waals surface area contributed by atoms with Crippen molar-refractivity contribution in [1.29, 1.82) is 0 Å². The third-order valence-corrected chi connectivity index (χ3v) is 7.04. The Kier molecular flexibility index (Phi) is 5.20. The number of para-hydroxylation sites is 2. The highest BCUT2D eigenvalue weighted by atomic mass is 16.2. The van der Waals surface area contributed by atoms with Crippen molar-refractivity contribution in [2.75, 3.05) is 36.0 Å². The van der Waals surface area contributed by atoms with Gasteiger partial charge in [-0.25, -0.2) is 4.79 Å². The molecule has 3 heterocycles. The fourth-order valence-corrected chi connectivity index (χ4v) is 4.98. The second-order valence-corrected chi connectivity index (χ2v) is 9.33. The fourth-order valence-electron chi connectivity index (χ4n) is 4.98. The molecule has 2 N–H and O–H groups in total. The molecule has 6 rings (SSSR count). The third kappa shape index (κ3) is 3.89. The minimum absolute atomic E-state index is 0.01000. The number of carbonyl (C=O) groups is 2. The number of H-pyrrole nitrogens is 1. The Morgan fingerprint density at radius 2 is 1.74 bits per heavy atom. The summed E-state index contributed by atoms with van der Waals surface area (Å²) in [6, 6.07) is 16.2. The number of hydrogen-bond acceptors (Lipinski definition) is 4. The molecule has 2 fully saturated rings. The molecular weight excluding hydrogens is 428 g/mol. The minimum atomic E-state index is -0.01000. The average molecular weight is 457 g/mol. The molecule has 1 unspecified atom stereocenters. The van der Waals surface area contributed by atoms with Gasteiger partial charge in [0.25, 0.3) is 5.91 Å². The highest BCUT2D eigenvalue weighted by Gasteiger charge is 2.34. The van der Waals surface area contributed by atoms with E-state index in [9.17, 15) is 9.59 Å². The molecule has 2 aromatic carbocycles. The normalized spacial score (nSPS) is 19.8. The molecule has 1 aliphatic carbocycles. The van der Waals surface area contributed by atoms with Gasteiger partial charge in [0.2, 0.25) is 0 Å². The van der Waals surface area contributed by atoms with Crippen LogP contribution in [0.4, 0.5) is 21.9 Å². The van der Waals surface area contributed by atoms with Crippen LogP contribution in [0, 0.1) is 0 Å². The van der Waals surface area contributed by atoms with Crippen LogP contribution < -0.4 is 15.1 Å². The summed E-state index contributed by atoms with van der Waals surface area (Å²) in [7, 11) is 0. The van der Waals surface area contributed by atoms with Gasteiger partial charge in [-0.3, -0.25) is 14.8 Å². The standard InChI is InChI=1S/C26H28N6O2/c33-25(29-21-7-8-21)18-5-9-22(10-6-18)31-13-14-32(24-4-2-1-3-23(24)31)26(34)30-12-11-19(17-30)20-15-27-28-16-20/h1-6,9-10,15-16,19,21H,7-8,11-14,17H2,(H,27,28)(H,29,33). The number of fused-ring (bicyclic) bond motifs is 1. The molecule has 2 aliphatic heterocycles. The van der Waals surface area contributed by atoms with E-state index in [4.69, 9.17) is 0 Å². The first-order valence-corrected chi connectivity index (χ1v) is 12.0. The Morgan fingerprint density at radius 3 is 2.47 bits per heavy atom. The van der Waals surface area contributed by atoms with Gasteiger partial charge in [-0.15, -0.1) is 0 Å². The number of nitrogens with one attached hydrogen (secondary N) is 2. The number of rotatable bonds is 4. The maximum Gasteiger partial charge on any atom is 0.324 e. The first-order chi connectivity index (χ1) is 16.7. The molecule has 0 spiro atoms. The molecule has 8 heteroatoms. The van der Waals surface area contributed by atoms with E-state index in [0.29, 0.717) is 37.2 Å². The second kappa shape index (κ2) is 8.52. The van der Waals surface area contributed by atoms with E-state index in [0.717, 1.165) is 48.4 Å². The molecule has 1 atom stereocenters. The van der Waals surface area contributed by atoms with Crippen LogP contribution in [0.25, 0.3) is 0 Å². The number of nitrogens with zero attached hydrogens (tertiary/aromatic N) is 4. The van der Waals surface area contributed by atoms with Crippen LogP contribution in [-0.2, 0) is 0 Å². The van der Waals surface area contributed by atoms with Gasteiger partial charge in [-0.1, -0.05) is 12.1 Å². The summed E-state index contributed by atoms with van der Waals surface area (Å²) in [6.07, 6.45) is 6.88. The van der Waals surface area contributed by atoms with Crippen molar-refractivity contribution in [2.45, 2.75) is 31.2 Å². The molecule has 174 valence electrons. The lowest BCUT2D eigenvalue weighted by atomic mass is 10.0. The summed E-state index contributed by atoms with van der Waals surface area (Å²) in [4.78, 5) is 31.9. The van der Waals surface area contributed by atoms with Gasteiger partial charge in [-0.05, 0) is 61.2 Å². The second-order valence-electron chi connectivity index (χ2n) is 9.33. The highest BCUT2D eigenvalue weighted by Crippen LogP contribution is 2.39. The van der Waals surface area contributed by atoms with Gasteiger partial charge < -0.3 is 15.1 Å². The first-order valence-electron chi connectivity index (χ1n) is 12.0. The van der Waals surface area contributed by atoms with Crippen molar-refractivity contribution >= 4 is 29.0 Å². The lowest BCUT2D eigenvalue weighted by Crippen LogP contribution is -2.48. The number of urea groups is 1. The van der Waals surface area contributed by atoms with Crippen LogP contribution >= 0.6 is 0 Å². The molecule has 3 aromatic rings. The zero-order chi connectivity index (χ0) is 23.1. The Hall–Kier alpha value is -3.81. The highest BCUT2D eigenvalue weighted by molar-refractivity contribution is 5.98. The molecule has 8 nitrogen and oxygen atoms in total. The number of aromatic nitrogens is 2. The number of benzene rings is 2. The number of amides is 3. The van der Waals surface area contributed by atoms with E-state index >= 15 is 0 Å². The van der Waals surface area contributed by atoms with E-state index in [1.54, 1.807) is 0 Å². The third-order valence-electron chi connectivity index (χ3n) is 7.04. The summed E-state index contributed by atoms with van der Waals surface area (Å²) in [6.45, 7) is 2.76. The molecule has 1 saturated carbocycles. The first kappa shape index (κ1) is 20.8. The summed E-state index contributed by atoms with van der Waals surface area (Å²) in [5, 5.41) is 9.97. The lowest BCUT2D eigenvalue weighted by Gasteiger charge is -2.39. The summed E-state index contributed by atoms with van der Waals surface area (Å²) in [5.74, 6) is 0.319. The van der Waals surface area contributed by atoms with Gasteiger partial charge >= 0.3 is 6.03 Å². The number of likely N-dealkylation sites (tertiary alicyclic amines) is 1. The van der Waals surface area contributed by atoms with Gasteiger partial charge in [0.05, 0.1) is 17.6 Å². The minimum Gasteiger partial charge on any atom is -0.349 e. The zero-order valence-electron chi connectivity index (χ0n) is 19.0. The maximum absolute atomic E-state index is 13.5. The molecular formula is C26H28N6O2. The Morgan fingerprint density at radius 1 is 0.941 bits per heavy atom. The van der Waals surface area contributed by atoms with Crippen LogP contribution in [0.3, 0.4) is 0 Å². The fraction of sp³-hybridized carbons (Fsp3) is 0.346. The van der Waals surface area contributed by atoms with Gasteiger partial charge in [0.15, 0.2) is 0 Å². The smallest absolute Gasteiger partial charge is 0.324 e. The van der Waals surface area contributed by atoms with Crippen molar-refractivity contribution < 1.29 is 9.59 Å². The van der Waals surface area contributed by atoms with Gasteiger partial charge in [-0.2, -0.15) is 5.10 Å². The molecule has 34 heavy (non-hydrogen) atoms. The van der Waals surface area contributed by atoms with Crippen molar-refractivity contribution in [3.05, 3.63) is 72.1 Å². The zero-order valence-corrected chi connectivity index (χ0v) is 19.0. The van der Waals surface area contributed by atoms with Crippen LogP contribution in [0.15, 0.2) is 60.9 Å². The monoisotopic (exact) mass is 456 g/mol. The number of aromatic amines is 1. The Balaban J connectivity index is 1.20. The summed E-state index contributed by atoms with van der Waals surface area (Å²) >= 11 is 0. The van der Waals surface area contributed by atoms with Crippen molar-refractivity contribution in [1.82, 2.24) is 20.4 Å². The van der Waals surface area contributed by atoms with E-state index in [1.807, 2.05) is 64.7 Å². The summed E-state index contributed by atoms with van der Waals surface area (Å²) in [5.41, 5.74) is 4.78. The van der Waals surface area contributed by atoms with Crippen molar-refractivity contribution in [3.8, 4) is 0 Å². The molecule has 1 saturated heterocycles. The van der Waals surface area contributed by atoms with Crippen LogP contribution in [0.5, 0.6) is 0 Å². The largest absolute Gasteiger partial charge is 0.349 e. The number of hydrogen-bond donors (Lipinski definition) is 2. The predicted molar refractivity (Wildman–Crippen MR) is 131 cm³/mol. The maximum atomic E-state index is 13.5. The summed E-state index contributed by atoms with van der Waals surface area (Å²) < 4.78 is 0. The predicted octanol–water partition coefficient (Wildman–Crippen LogP) is 3.87. The Bertz CT molecular complexity index is 1190. The molecule has 0 bridgehead atoms. The van der Waals surface area contributed by atoms with Crippen LogP contribution in [0.1, 0.15) is 41.1 Å². The van der Waals surface area contributed by atoms with Crippen molar-refractivity contribution in [3.63, 3.8) is 0 Å². The number of carbonyl (C=O) groups excluding carboxylic acids is 2. The average Bonchev–Trinajstić information content (AvgIpc) is 3.32. The molecule has 0 radical (unpaired) electrons. The topological polar surface area (TPSA) is 84.6 Å². The molecule has 3 amide bonds. The van der Waals surface area contributed by atoms with Gasteiger partial charge in [0.1, 0.15) is 0 Å². The van der Waals surface area contributed by atoms with E-state index in [2.05, 4.69) is 26.5 Å². The lowest BCUT2D eigenvalue weighted by molar-refractivity contribution is 0.0951. The van der Waals surface area contributed by atoms with E-state index in [1.165, 1.54) is 0 Å².